The summed E-state index contributed by atoms with van der Waals surface area (Å²) >= 11 is 3.36. The molecule has 1 aromatic rings. The van der Waals surface area contributed by atoms with Gasteiger partial charge >= 0.3 is 0 Å². The molecule has 0 saturated heterocycles. The van der Waals surface area contributed by atoms with Gasteiger partial charge in [0.05, 0.1) is 0 Å². The number of hydrogen-bond acceptors (Lipinski definition) is 1. The highest BCUT2D eigenvalue weighted by Crippen LogP contribution is 2.15. The summed E-state index contributed by atoms with van der Waals surface area (Å²) in [5.41, 5.74) is 1.80. The average Bonchev–Trinajstić information content (AvgIpc) is 2.01. The van der Waals surface area contributed by atoms with Crippen molar-refractivity contribution in [2.24, 2.45) is 0 Å². The second kappa shape index (κ2) is 3.92. The Bertz CT molecular complexity index is 313. The van der Waals surface area contributed by atoms with E-state index < -0.39 is 0 Å². The molecule has 0 heterocycles. The van der Waals surface area contributed by atoms with Gasteiger partial charge in [0.2, 0.25) is 0 Å². The third kappa shape index (κ3) is 2.56. The largest absolute Gasteiger partial charge is 0.345 e. The summed E-state index contributed by atoms with van der Waals surface area (Å²) in [6.45, 7) is 1.97. The first-order chi connectivity index (χ1) is 6.00. The van der Waals surface area contributed by atoms with Crippen molar-refractivity contribution in [3.8, 4) is 0 Å². The minimum Gasteiger partial charge on any atom is -0.345 e. The molecule has 0 fully saturated rings. The van der Waals surface area contributed by atoms with E-state index >= 15 is 0 Å². The second-order valence-electron chi connectivity index (χ2n) is 3.22. The third-order valence-corrected chi connectivity index (χ3v) is 2.15. The fourth-order valence-corrected chi connectivity index (χ4v) is 1.73. The first-order valence-electron chi connectivity index (χ1n) is 3.99. The lowest BCUT2D eigenvalue weighted by atomic mass is 10.1. The van der Waals surface area contributed by atoms with Crippen molar-refractivity contribution in [1.82, 2.24) is 4.90 Å². The Morgan fingerprint density at radius 2 is 1.92 bits per heavy atom. The Morgan fingerprint density at radius 1 is 1.31 bits per heavy atom. The molecule has 0 atom stereocenters. The lowest BCUT2D eigenvalue weighted by Crippen LogP contribution is -2.21. The molecule has 0 aliphatic heterocycles. The maximum atomic E-state index is 11.6. The number of amides is 1. The van der Waals surface area contributed by atoms with E-state index in [1.807, 2.05) is 25.1 Å². The van der Waals surface area contributed by atoms with Crippen LogP contribution in [0.25, 0.3) is 0 Å². The number of carbonyl (C=O) groups is 1. The molecule has 3 heteroatoms. The minimum absolute atomic E-state index is 0.0319. The van der Waals surface area contributed by atoms with Gasteiger partial charge in [-0.1, -0.05) is 15.9 Å². The molecule has 0 bridgehead atoms. The number of rotatable bonds is 1. The van der Waals surface area contributed by atoms with Crippen molar-refractivity contribution in [3.05, 3.63) is 33.8 Å². The Balaban J connectivity index is 3.08. The molecule has 1 amide bonds. The van der Waals surface area contributed by atoms with Crippen molar-refractivity contribution in [3.63, 3.8) is 0 Å². The highest BCUT2D eigenvalue weighted by molar-refractivity contribution is 9.10. The summed E-state index contributed by atoms with van der Waals surface area (Å²) in [4.78, 5) is 13.1. The normalized spacial score (nSPS) is 9.85. The maximum absolute atomic E-state index is 11.6. The van der Waals surface area contributed by atoms with E-state index in [0.717, 1.165) is 15.6 Å². The first-order valence-corrected chi connectivity index (χ1v) is 4.79. The molecule has 1 aromatic carbocycles. The molecule has 70 valence electrons. The zero-order valence-electron chi connectivity index (χ0n) is 7.97. The second-order valence-corrected chi connectivity index (χ2v) is 4.13. The van der Waals surface area contributed by atoms with Crippen molar-refractivity contribution in [2.45, 2.75) is 6.92 Å². The standard InChI is InChI=1S/C10H12BrNO/c1-7-4-8(6-9(11)5-7)10(13)12(2)3/h4-6H,1-3H3. The molecule has 0 saturated carbocycles. The van der Waals surface area contributed by atoms with Crippen LogP contribution < -0.4 is 0 Å². The molecular formula is C10H12BrNO. The van der Waals surface area contributed by atoms with Gasteiger partial charge in [-0.05, 0) is 30.7 Å². The summed E-state index contributed by atoms with van der Waals surface area (Å²) in [5, 5.41) is 0. The number of nitrogens with zero attached hydrogens (tertiary/aromatic N) is 1. The predicted molar refractivity (Wildman–Crippen MR) is 56.9 cm³/mol. The van der Waals surface area contributed by atoms with E-state index in [-0.39, 0.29) is 5.91 Å². The zero-order valence-corrected chi connectivity index (χ0v) is 9.55. The van der Waals surface area contributed by atoms with E-state index in [9.17, 15) is 4.79 Å². The van der Waals surface area contributed by atoms with Crippen LogP contribution in [-0.4, -0.2) is 24.9 Å². The van der Waals surface area contributed by atoms with Crippen LogP contribution in [0, 0.1) is 6.92 Å². The first kappa shape index (κ1) is 10.3. The molecule has 13 heavy (non-hydrogen) atoms. The highest BCUT2D eigenvalue weighted by atomic mass is 79.9. The lowest BCUT2D eigenvalue weighted by Gasteiger charge is -2.10. The van der Waals surface area contributed by atoms with Gasteiger partial charge in [0.1, 0.15) is 0 Å². The topological polar surface area (TPSA) is 20.3 Å². The summed E-state index contributed by atoms with van der Waals surface area (Å²) < 4.78 is 0.942. The van der Waals surface area contributed by atoms with Gasteiger partial charge in [0.15, 0.2) is 0 Å². The number of aryl methyl sites for hydroxylation is 1. The van der Waals surface area contributed by atoms with Crippen LogP contribution in [0.15, 0.2) is 22.7 Å². The van der Waals surface area contributed by atoms with Crippen LogP contribution in [-0.2, 0) is 0 Å². The molecule has 0 spiro atoms. The van der Waals surface area contributed by atoms with Crippen LogP contribution >= 0.6 is 15.9 Å². The SMILES string of the molecule is Cc1cc(Br)cc(C(=O)N(C)C)c1. The molecule has 0 aromatic heterocycles. The minimum atomic E-state index is 0.0319. The Kier molecular flexibility index (Phi) is 3.09. The highest BCUT2D eigenvalue weighted by Gasteiger charge is 2.08. The molecule has 0 radical (unpaired) electrons. The van der Waals surface area contributed by atoms with Crippen molar-refractivity contribution < 1.29 is 4.79 Å². The predicted octanol–water partition coefficient (Wildman–Crippen LogP) is 2.46. The van der Waals surface area contributed by atoms with Crippen LogP contribution in [0.5, 0.6) is 0 Å². The van der Waals surface area contributed by atoms with E-state index in [1.54, 1.807) is 19.0 Å². The van der Waals surface area contributed by atoms with Crippen LogP contribution in [0.3, 0.4) is 0 Å². The molecule has 0 aliphatic carbocycles. The van der Waals surface area contributed by atoms with Gasteiger partial charge in [-0.25, -0.2) is 0 Å². The molecule has 1 rings (SSSR count). The van der Waals surface area contributed by atoms with Gasteiger partial charge in [0, 0.05) is 24.1 Å². The molecule has 0 unspecified atom stereocenters. The fraction of sp³-hybridized carbons (Fsp3) is 0.300. The fourth-order valence-electron chi connectivity index (χ4n) is 1.12. The summed E-state index contributed by atoms with van der Waals surface area (Å²) in [6.07, 6.45) is 0. The number of benzene rings is 1. The monoisotopic (exact) mass is 241 g/mol. The van der Waals surface area contributed by atoms with Gasteiger partial charge in [0.25, 0.3) is 5.91 Å². The summed E-state index contributed by atoms with van der Waals surface area (Å²) in [6, 6.07) is 5.69. The third-order valence-electron chi connectivity index (χ3n) is 1.70. The summed E-state index contributed by atoms with van der Waals surface area (Å²) in [7, 11) is 3.50. The zero-order chi connectivity index (χ0) is 10.0. The van der Waals surface area contributed by atoms with Crippen LogP contribution in [0.4, 0.5) is 0 Å². The van der Waals surface area contributed by atoms with Crippen molar-refractivity contribution >= 4 is 21.8 Å². The van der Waals surface area contributed by atoms with Gasteiger partial charge in [-0.15, -0.1) is 0 Å². The quantitative estimate of drug-likeness (QED) is 0.740. The molecule has 0 N–H and O–H groups in total. The van der Waals surface area contributed by atoms with Gasteiger partial charge in [-0.2, -0.15) is 0 Å². The van der Waals surface area contributed by atoms with Crippen LogP contribution in [0.2, 0.25) is 0 Å². The van der Waals surface area contributed by atoms with E-state index in [0.29, 0.717) is 0 Å². The maximum Gasteiger partial charge on any atom is 0.253 e. The Labute approximate surface area is 86.7 Å². The van der Waals surface area contributed by atoms with Crippen molar-refractivity contribution in [1.29, 1.82) is 0 Å². The molecular weight excluding hydrogens is 230 g/mol. The van der Waals surface area contributed by atoms with Crippen molar-refractivity contribution in [2.75, 3.05) is 14.1 Å². The van der Waals surface area contributed by atoms with E-state index in [1.165, 1.54) is 0 Å². The Morgan fingerprint density at radius 3 is 2.38 bits per heavy atom. The molecule has 0 aliphatic rings. The average molecular weight is 242 g/mol. The molecule has 2 nitrogen and oxygen atoms in total. The number of carbonyl (C=O) groups excluding carboxylic acids is 1. The summed E-state index contributed by atoms with van der Waals surface area (Å²) in [5.74, 6) is 0.0319. The van der Waals surface area contributed by atoms with E-state index in [2.05, 4.69) is 15.9 Å². The number of halogens is 1. The lowest BCUT2D eigenvalue weighted by molar-refractivity contribution is 0.0827. The Hall–Kier alpha value is -0.830. The van der Waals surface area contributed by atoms with Crippen LogP contribution in [0.1, 0.15) is 15.9 Å². The van der Waals surface area contributed by atoms with Gasteiger partial charge in [-0.3, -0.25) is 4.79 Å². The van der Waals surface area contributed by atoms with E-state index in [4.69, 9.17) is 0 Å². The smallest absolute Gasteiger partial charge is 0.253 e. The van der Waals surface area contributed by atoms with Gasteiger partial charge < -0.3 is 4.90 Å². The number of hydrogen-bond donors (Lipinski definition) is 0.